The fraction of sp³-hybridized carbons (Fsp3) is 0.250. The molecule has 184 valence electrons. The molecule has 0 unspecified atom stereocenters. The van der Waals surface area contributed by atoms with Gasteiger partial charge in [-0.25, -0.2) is 4.79 Å². The first-order valence-corrected chi connectivity index (χ1v) is 12.7. The lowest BCUT2D eigenvalue weighted by atomic mass is 10.0. The molecule has 0 radical (unpaired) electrons. The molecule has 0 amide bonds. The van der Waals surface area contributed by atoms with Crippen LogP contribution in [-0.2, 0) is 17.9 Å². The summed E-state index contributed by atoms with van der Waals surface area (Å²) in [6, 6.07) is 19.5. The van der Waals surface area contributed by atoms with E-state index < -0.39 is 0 Å². The Balaban J connectivity index is 1.74. The van der Waals surface area contributed by atoms with E-state index in [1.165, 1.54) is 11.7 Å². The first kappa shape index (κ1) is 24.0. The van der Waals surface area contributed by atoms with E-state index in [9.17, 15) is 9.90 Å². The largest absolute Gasteiger partial charge is 0.494 e. The summed E-state index contributed by atoms with van der Waals surface area (Å²) in [5.41, 5.74) is 6.53. The molecule has 0 aliphatic rings. The van der Waals surface area contributed by atoms with Gasteiger partial charge in [-0.3, -0.25) is 0 Å². The zero-order valence-electron chi connectivity index (χ0n) is 20.2. The van der Waals surface area contributed by atoms with E-state index in [0.717, 1.165) is 56.4 Å². The van der Waals surface area contributed by atoms with Crippen molar-refractivity contribution in [3.8, 4) is 16.9 Å². The van der Waals surface area contributed by atoms with Gasteiger partial charge in [0.05, 0.1) is 31.5 Å². The van der Waals surface area contributed by atoms with Crippen LogP contribution < -0.4 is 4.74 Å². The molecule has 7 nitrogen and oxygen atoms in total. The number of esters is 1. The van der Waals surface area contributed by atoms with E-state index in [4.69, 9.17) is 9.47 Å². The Morgan fingerprint density at radius 3 is 2.50 bits per heavy atom. The summed E-state index contributed by atoms with van der Waals surface area (Å²) < 4.78 is 22.2. The van der Waals surface area contributed by atoms with Gasteiger partial charge in [0, 0.05) is 23.0 Å². The van der Waals surface area contributed by atoms with Gasteiger partial charge >= 0.3 is 5.97 Å². The third-order valence-corrected chi connectivity index (χ3v) is 6.62. The number of aromatic nitrogens is 3. The number of aliphatic hydroxyl groups is 1. The van der Waals surface area contributed by atoms with E-state index in [1.54, 1.807) is 6.92 Å². The molecule has 0 fully saturated rings. The van der Waals surface area contributed by atoms with Crippen molar-refractivity contribution in [2.24, 2.45) is 0 Å². The van der Waals surface area contributed by atoms with Gasteiger partial charge in [-0.1, -0.05) is 37.3 Å². The van der Waals surface area contributed by atoms with Crippen molar-refractivity contribution in [1.82, 2.24) is 13.3 Å². The van der Waals surface area contributed by atoms with E-state index >= 15 is 0 Å². The van der Waals surface area contributed by atoms with Crippen molar-refractivity contribution >= 4 is 39.6 Å². The number of hydrogen-bond acceptors (Lipinski definition) is 7. The smallest absolute Gasteiger partial charge is 0.355 e. The number of carbonyl (C=O) groups is 1. The molecule has 8 heteroatoms. The second-order valence-corrected chi connectivity index (χ2v) is 9.03. The maximum Gasteiger partial charge on any atom is 0.355 e. The van der Waals surface area contributed by atoms with E-state index in [2.05, 4.69) is 15.7 Å². The molecule has 0 aliphatic carbocycles. The highest BCUT2D eigenvalue weighted by Crippen LogP contribution is 2.38. The van der Waals surface area contributed by atoms with Crippen LogP contribution in [0.1, 0.15) is 41.9 Å². The van der Waals surface area contributed by atoms with Gasteiger partial charge in [-0.05, 0) is 60.4 Å². The number of carbonyl (C=O) groups excluding carboxylic acids is 1. The molecule has 2 heterocycles. The monoisotopic (exact) mass is 501 g/mol. The summed E-state index contributed by atoms with van der Waals surface area (Å²) >= 11 is 1.18. The Morgan fingerprint density at radius 2 is 1.75 bits per heavy atom. The number of fused-ring (bicyclic) bond motifs is 2. The fourth-order valence-corrected chi connectivity index (χ4v) is 4.91. The SMILES string of the molecule is CCCOc1ccc2c(c1)c(-c1ccc(CO)cc1)c(C(=O)OCC)n2Cc1ccc2nsnc2c1. The lowest BCUT2D eigenvalue weighted by molar-refractivity contribution is 0.0516. The van der Waals surface area contributed by atoms with E-state index in [1.807, 2.05) is 65.2 Å². The maximum absolute atomic E-state index is 13.4. The highest BCUT2D eigenvalue weighted by molar-refractivity contribution is 7.00. The van der Waals surface area contributed by atoms with Gasteiger partial charge in [-0.2, -0.15) is 8.75 Å². The van der Waals surface area contributed by atoms with Crippen molar-refractivity contribution in [1.29, 1.82) is 0 Å². The van der Waals surface area contributed by atoms with Crippen LogP contribution in [0.4, 0.5) is 0 Å². The van der Waals surface area contributed by atoms with Crippen LogP contribution in [0.2, 0.25) is 0 Å². The lowest BCUT2D eigenvalue weighted by Gasteiger charge is -2.12. The van der Waals surface area contributed by atoms with Gasteiger partial charge in [0.1, 0.15) is 22.5 Å². The average Bonchev–Trinajstić information content (AvgIpc) is 3.50. The minimum absolute atomic E-state index is 0.0459. The summed E-state index contributed by atoms with van der Waals surface area (Å²) in [6.45, 7) is 5.17. The zero-order valence-corrected chi connectivity index (χ0v) is 21.0. The third kappa shape index (κ3) is 4.57. The Kier molecular flexibility index (Phi) is 6.97. The molecule has 0 bridgehead atoms. The minimum atomic E-state index is -0.387. The van der Waals surface area contributed by atoms with Gasteiger partial charge in [0.25, 0.3) is 0 Å². The van der Waals surface area contributed by atoms with Crippen molar-refractivity contribution in [2.45, 2.75) is 33.4 Å². The predicted octanol–water partition coefficient (Wildman–Crippen LogP) is 5.82. The van der Waals surface area contributed by atoms with Gasteiger partial charge in [0.2, 0.25) is 0 Å². The average molecular weight is 502 g/mol. The first-order chi connectivity index (χ1) is 17.6. The summed E-state index contributed by atoms with van der Waals surface area (Å²) in [7, 11) is 0. The third-order valence-electron chi connectivity index (χ3n) is 6.06. The second-order valence-electron chi connectivity index (χ2n) is 8.50. The van der Waals surface area contributed by atoms with Gasteiger partial charge < -0.3 is 19.1 Å². The number of rotatable bonds is 9. The van der Waals surface area contributed by atoms with Crippen molar-refractivity contribution in [3.05, 3.63) is 77.5 Å². The number of hydrogen-bond donors (Lipinski definition) is 1. The molecule has 0 spiro atoms. The fourth-order valence-electron chi connectivity index (χ4n) is 4.40. The second kappa shape index (κ2) is 10.5. The highest BCUT2D eigenvalue weighted by Gasteiger charge is 2.26. The number of aliphatic hydroxyl groups excluding tert-OH is 1. The Labute approximate surface area is 213 Å². The molecule has 0 saturated heterocycles. The van der Waals surface area contributed by atoms with Crippen LogP contribution in [0, 0.1) is 0 Å². The Morgan fingerprint density at radius 1 is 0.972 bits per heavy atom. The molecular weight excluding hydrogens is 474 g/mol. The Hall–Kier alpha value is -3.75. The van der Waals surface area contributed by atoms with Crippen LogP contribution in [0.5, 0.6) is 5.75 Å². The summed E-state index contributed by atoms with van der Waals surface area (Å²) in [6.07, 6.45) is 0.899. The van der Waals surface area contributed by atoms with E-state index in [-0.39, 0.29) is 19.2 Å². The molecule has 5 aromatic rings. The predicted molar refractivity (Wildman–Crippen MR) is 142 cm³/mol. The normalized spacial score (nSPS) is 11.3. The summed E-state index contributed by atoms with van der Waals surface area (Å²) in [4.78, 5) is 13.4. The minimum Gasteiger partial charge on any atom is -0.494 e. The maximum atomic E-state index is 13.4. The van der Waals surface area contributed by atoms with Crippen LogP contribution in [0.3, 0.4) is 0 Å². The number of nitrogens with zero attached hydrogens (tertiary/aromatic N) is 3. The van der Waals surface area contributed by atoms with Crippen molar-refractivity contribution in [2.75, 3.05) is 13.2 Å². The molecule has 0 saturated carbocycles. The molecule has 3 aromatic carbocycles. The summed E-state index contributed by atoms with van der Waals surface area (Å²) in [5.74, 6) is 0.363. The van der Waals surface area contributed by atoms with Crippen molar-refractivity contribution in [3.63, 3.8) is 0 Å². The van der Waals surface area contributed by atoms with Crippen LogP contribution in [0.25, 0.3) is 33.1 Å². The molecule has 5 rings (SSSR count). The quantitative estimate of drug-likeness (QED) is 0.256. The molecule has 1 N–H and O–H groups in total. The zero-order chi connectivity index (χ0) is 25.1. The van der Waals surface area contributed by atoms with Gasteiger partial charge in [-0.15, -0.1) is 0 Å². The summed E-state index contributed by atoms with van der Waals surface area (Å²) in [5, 5.41) is 10.4. The lowest BCUT2D eigenvalue weighted by Crippen LogP contribution is -2.14. The molecule has 0 atom stereocenters. The van der Waals surface area contributed by atoms with Crippen LogP contribution in [-0.4, -0.2) is 37.6 Å². The van der Waals surface area contributed by atoms with Gasteiger partial charge in [0.15, 0.2) is 0 Å². The number of benzene rings is 3. The van der Waals surface area contributed by atoms with Crippen LogP contribution >= 0.6 is 11.7 Å². The van der Waals surface area contributed by atoms with Crippen LogP contribution in [0.15, 0.2) is 60.7 Å². The highest BCUT2D eigenvalue weighted by atomic mass is 32.1. The standard InChI is InChI=1S/C28H27N3O4S/c1-3-13-35-21-10-12-25-22(15-21)26(20-8-5-18(17-32)6-9-20)27(28(33)34-4-2)31(25)16-19-7-11-23-24(14-19)30-36-29-23/h5-12,14-15,32H,3-4,13,16-17H2,1-2H3. The molecular formula is C28H27N3O4S. The Bertz CT molecular complexity index is 1520. The molecule has 0 aliphatic heterocycles. The molecule has 2 aromatic heterocycles. The topological polar surface area (TPSA) is 86.5 Å². The molecule has 36 heavy (non-hydrogen) atoms. The number of ether oxygens (including phenoxy) is 2. The van der Waals surface area contributed by atoms with Crippen molar-refractivity contribution < 1.29 is 19.4 Å². The van der Waals surface area contributed by atoms with E-state index in [0.29, 0.717) is 18.8 Å². The first-order valence-electron chi connectivity index (χ1n) is 12.0.